The van der Waals surface area contributed by atoms with Gasteiger partial charge in [0.15, 0.2) is 5.67 Å². The van der Waals surface area contributed by atoms with Crippen LogP contribution in [0.4, 0.5) is 4.39 Å². The van der Waals surface area contributed by atoms with Crippen molar-refractivity contribution in [1.82, 2.24) is 19.9 Å². The Morgan fingerprint density at radius 1 is 1.32 bits per heavy atom. The second-order valence-corrected chi connectivity index (χ2v) is 5.96. The standard InChI is InChI=1S/C15H16ClFN4O/c1-21-8-4-15(17,5-9-21)12-11(16)14(22)20-13(19-12)10-2-6-18-7-3-10/h2-3,6-7H,4-5,8-9H2,1H3,(H,19,20,22). The van der Waals surface area contributed by atoms with E-state index in [4.69, 9.17) is 11.6 Å². The van der Waals surface area contributed by atoms with Crippen LogP contribution in [0.5, 0.6) is 0 Å². The van der Waals surface area contributed by atoms with E-state index in [1.807, 2.05) is 11.9 Å². The first-order valence-corrected chi connectivity index (χ1v) is 7.45. The van der Waals surface area contributed by atoms with Crippen LogP contribution in [0.2, 0.25) is 5.02 Å². The molecule has 1 fully saturated rings. The molecular weight excluding hydrogens is 307 g/mol. The predicted octanol–water partition coefficient (Wildman–Crippen LogP) is 2.38. The number of likely N-dealkylation sites (tertiary alicyclic amines) is 1. The molecule has 0 radical (unpaired) electrons. The Hall–Kier alpha value is -1.79. The minimum absolute atomic E-state index is 0.0397. The number of rotatable bonds is 2. The summed E-state index contributed by atoms with van der Waals surface area (Å²) in [5.41, 5.74) is -1.48. The molecule has 0 atom stereocenters. The smallest absolute Gasteiger partial charge is 0.270 e. The van der Waals surface area contributed by atoms with Crippen LogP contribution in [0.1, 0.15) is 18.5 Å². The van der Waals surface area contributed by atoms with E-state index in [0.29, 0.717) is 24.5 Å². The van der Waals surface area contributed by atoms with Crippen molar-refractivity contribution in [2.75, 3.05) is 20.1 Å². The van der Waals surface area contributed by atoms with Gasteiger partial charge in [0, 0.05) is 31.0 Å². The molecule has 7 heteroatoms. The van der Waals surface area contributed by atoms with Gasteiger partial charge in [0.1, 0.15) is 16.5 Å². The van der Waals surface area contributed by atoms with Crippen LogP contribution in [-0.2, 0) is 5.67 Å². The van der Waals surface area contributed by atoms with Gasteiger partial charge in [-0.3, -0.25) is 9.78 Å². The van der Waals surface area contributed by atoms with Crippen molar-refractivity contribution in [1.29, 1.82) is 0 Å². The molecule has 1 saturated heterocycles. The lowest BCUT2D eigenvalue weighted by Gasteiger charge is -2.34. The summed E-state index contributed by atoms with van der Waals surface area (Å²) >= 11 is 6.04. The normalized spacial score (nSPS) is 18.3. The average molecular weight is 323 g/mol. The Bertz CT molecular complexity index is 726. The van der Waals surface area contributed by atoms with Crippen LogP contribution in [0.15, 0.2) is 29.3 Å². The summed E-state index contributed by atoms with van der Waals surface area (Å²) in [6.45, 7) is 1.21. The molecule has 5 nitrogen and oxygen atoms in total. The first-order valence-electron chi connectivity index (χ1n) is 7.08. The van der Waals surface area contributed by atoms with Crippen molar-refractivity contribution in [3.63, 3.8) is 0 Å². The molecule has 116 valence electrons. The third-order valence-electron chi connectivity index (χ3n) is 4.02. The first kappa shape index (κ1) is 15.1. The number of piperidine rings is 1. The third-order valence-corrected chi connectivity index (χ3v) is 4.37. The van der Waals surface area contributed by atoms with E-state index < -0.39 is 11.2 Å². The number of aromatic amines is 1. The topological polar surface area (TPSA) is 61.9 Å². The highest BCUT2D eigenvalue weighted by molar-refractivity contribution is 6.31. The van der Waals surface area contributed by atoms with E-state index in [1.165, 1.54) is 0 Å². The van der Waals surface area contributed by atoms with Crippen LogP contribution in [0.25, 0.3) is 11.4 Å². The Labute approximate surface area is 132 Å². The summed E-state index contributed by atoms with van der Waals surface area (Å²) < 4.78 is 15.3. The van der Waals surface area contributed by atoms with Crippen LogP contribution in [-0.4, -0.2) is 40.0 Å². The molecule has 1 aliphatic heterocycles. The number of alkyl halides is 1. The van der Waals surface area contributed by atoms with Gasteiger partial charge in [0.2, 0.25) is 0 Å². The quantitative estimate of drug-likeness (QED) is 0.922. The fourth-order valence-corrected chi connectivity index (χ4v) is 2.87. The summed E-state index contributed by atoms with van der Waals surface area (Å²) in [5.74, 6) is 0.308. The number of H-pyrrole nitrogens is 1. The molecule has 0 aromatic carbocycles. The number of hydrogen-bond acceptors (Lipinski definition) is 4. The molecule has 0 saturated carbocycles. The van der Waals surface area contributed by atoms with Crippen molar-refractivity contribution in [3.8, 4) is 11.4 Å². The van der Waals surface area contributed by atoms with Gasteiger partial charge in [0.05, 0.1) is 0 Å². The lowest BCUT2D eigenvalue weighted by Crippen LogP contribution is -2.39. The molecule has 3 heterocycles. The molecule has 0 amide bonds. The van der Waals surface area contributed by atoms with Crippen LogP contribution in [0, 0.1) is 0 Å². The Kier molecular flexibility index (Phi) is 3.97. The van der Waals surface area contributed by atoms with Gasteiger partial charge in [0.25, 0.3) is 5.56 Å². The van der Waals surface area contributed by atoms with Crippen molar-refractivity contribution in [3.05, 3.63) is 45.6 Å². The molecule has 0 bridgehead atoms. The predicted molar refractivity (Wildman–Crippen MR) is 82.6 cm³/mol. The SMILES string of the molecule is CN1CCC(F)(c2nc(-c3ccncc3)[nH]c(=O)c2Cl)CC1. The number of halogens is 2. The number of nitrogens with one attached hydrogen (secondary N) is 1. The van der Waals surface area contributed by atoms with E-state index in [1.54, 1.807) is 24.5 Å². The summed E-state index contributed by atoms with van der Waals surface area (Å²) in [6.07, 6.45) is 3.72. The van der Waals surface area contributed by atoms with Gasteiger partial charge in [-0.15, -0.1) is 0 Å². The van der Waals surface area contributed by atoms with Crippen molar-refractivity contribution >= 4 is 11.6 Å². The van der Waals surface area contributed by atoms with E-state index in [9.17, 15) is 4.79 Å². The van der Waals surface area contributed by atoms with Gasteiger partial charge < -0.3 is 9.88 Å². The lowest BCUT2D eigenvalue weighted by atomic mass is 9.90. The molecule has 1 aliphatic rings. The maximum Gasteiger partial charge on any atom is 0.270 e. The van der Waals surface area contributed by atoms with Gasteiger partial charge in [-0.05, 0) is 32.0 Å². The van der Waals surface area contributed by atoms with Crippen molar-refractivity contribution < 1.29 is 4.39 Å². The maximum atomic E-state index is 15.3. The number of hydrogen-bond donors (Lipinski definition) is 1. The Morgan fingerprint density at radius 3 is 2.59 bits per heavy atom. The largest absolute Gasteiger partial charge is 0.306 e. The highest BCUT2D eigenvalue weighted by atomic mass is 35.5. The fraction of sp³-hybridized carbons (Fsp3) is 0.400. The number of pyridine rings is 1. The Morgan fingerprint density at radius 2 is 1.95 bits per heavy atom. The van der Waals surface area contributed by atoms with Gasteiger partial charge >= 0.3 is 0 Å². The summed E-state index contributed by atoms with van der Waals surface area (Å²) in [6, 6.07) is 3.41. The molecular formula is C15H16ClFN4O. The van der Waals surface area contributed by atoms with E-state index in [-0.39, 0.29) is 23.6 Å². The van der Waals surface area contributed by atoms with Crippen molar-refractivity contribution in [2.45, 2.75) is 18.5 Å². The zero-order valence-electron chi connectivity index (χ0n) is 12.1. The molecule has 0 spiro atoms. The highest BCUT2D eigenvalue weighted by Crippen LogP contribution is 2.38. The first-order chi connectivity index (χ1) is 10.5. The molecule has 1 N–H and O–H groups in total. The van der Waals surface area contributed by atoms with E-state index in [2.05, 4.69) is 15.0 Å². The monoisotopic (exact) mass is 322 g/mol. The van der Waals surface area contributed by atoms with Crippen LogP contribution >= 0.6 is 11.6 Å². The average Bonchev–Trinajstić information content (AvgIpc) is 2.53. The molecule has 0 aliphatic carbocycles. The van der Waals surface area contributed by atoms with Crippen LogP contribution < -0.4 is 5.56 Å². The minimum Gasteiger partial charge on any atom is -0.306 e. The number of aromatic nitrogens is 3. The second-order valence-electron chi connectivity index (χ2n) is 5.58. The Balaban J connectivity index is 2.08. The molecule has 2 aromatic rings. The van der Waals surface area contributed by atoms with Gasteiger partial charge in [-0.25, -0.2) is 9.37 Å². The zero-order chi connectivity index (χ0) is 15.7. The van der Waals surface area contributed by atoms with E-state index >= 15 is 4.39 Å². The van der Waals surface area contributed by atoms with Crippen molar-refractivity contribution in [2.24, 2.45) is 0 Å². The second kappa shape index (κ2) is 5.78. The summed E-state index contributed by atoms with van der Waals surface area (Å²) in [7, 11) is 1.94. The third kappa shape index (κ3) is 2.76. The van der Waals surface area contributed by atoms with E-state index in [0.717, 1.165) is 0 Å². The number of nitrogens with zero attached hydrogens (tertiary/aromatic N) is 3. The lowest BCUT2D eigenvalue weighted by molar-refractivity contribution is 0.0633. The summed E-state index contributed by atoms with van der Waals surface area (Å²) in [5, 5.41) is -0.162. The molecule has 2 aromatic heterocycles. The molecule has 22 heavy (non-hydrogen) atoms. The molecule has 0 unspecified atom stereocenters. The van der Waals surface area contributed by atoms with Gasteiger partial charge in [-0.1, -0.05) is 11.6 Å². The zero-order valence-corrected chi connectivity index (χ0v) is 12.9. The summed E-state index contributed by atoms with van der Waals surface area (Å²) in [4.78, 5) is 24.9. The van der Waals surface area contributed by atoms with Gasteiger partial charge in [-0.2, -0.15) is 0 Å². The fourth-order valence-electron chi connectivity index (χ4n) is 2.61. The highest BCUT2D eigenvalue weighted by Gasteiger charge is 2.39. The maximum absolute atomic E-state index is 15.3. The molecule has 3 rings (SSSR count). The minimum atomic E-state index is -1.67. The van der Waals surface area contributed by atoms with Crippen LogP contribution in [0.3, 0.4) is 0 Å².